The summed E-state index contributed by atoms with van der Waals surface area (Å²) in [6.07, 6.45) is 4.03. The third kappa shape index (κ3) is 10.0. The summed E-state index contributed by atoms with van der Waals surface area (Å²) in [5.41, 5.74) is -0.227. The van der Waals surface area contributed by atoms with E-state index in [1.807, 2.05) is 6.07 Å². The highest BCUT2D eigenvalue weighted by atomic mass is 32.2. The Balaban J connectivity index is 2.05. The third-order valence-corrected chi connectivity index (χ3v) is 8.95. The van der Waals surface area contributed by atoms with E-state index in [1.165, 1.54) is 4.90 Å². The highest BCUT2D eigenvalue weighted by molar-refractivity contribution is 7.88. The average molecular weight is 485 g/mol. The Morgan fingerprint density at radius 3 is 2.41 bits per heavy atom. The number of amides is 1. The van der Waals surface area contributed by atoms with E-state index in [4.69, 9.17) is 4.74 Å². The molecule has 1 aromatic rings. The zero-order valence-electron chi connectivity index (χ0n) is 20.0. The molecule has 1 atom stereocenters. The standard InChI is InChI=1S/C23H40N2O5SSi/c1-25(22(26)30-15-16-32(2,3)4)18-21(17-23(27)13-9-6-10-14-23)24-31(28,29)19-20-11-7-5-8-12-20/h5,7-8,11-12,21,24,27H,6,9-10,13-19H2,1-4H3. The summed E-state index contributed by atoms with van der Waals surface area (Å²) in [5, 5.41) is 11.0. The fourth-order valence-corrected chi connectivity index (χ4v) is 6.16. The zero-order chi connectivity index (χ0) is 23.8. The Morgan fingerprint density at radius 1 is 1.19 bits per heavy atom. The van der Waals surface area contributed by atoms with Crippen LogP contribution in [0.4, 0.5) is 4.79 Å². The Hall–Kier alpha value is -1.42. The fourth-order valence-electron chi connectivity index (χ4n) is 4.07. The molecule has 2 N–H and O–H groups in total. The summed E-state index contributed by atoms with van der Waals surface area (Å²) < 4.78 is 33.9. The maximum Gasteiger partial charge on any atom is 0.409 e. The lowest BCUT2D eigenvalue weighted by Crippen LogP contribution is -2.49. The van der Waals surface area contributed by atoms with E-state index in [9.17, 15) is 18.3 Å². The molecule has 32 heavy (non-hydrogen) atoms. The van der Waals surface area contributed by atoms with Gasteiger partial charge in [0, 0.05) is 27.7 Å². The van der Waals surface area contributed by atoms with Crippen molar-refractivity contribution in [3.8, 4) is 0 Å². The summed E-state index contributed by atoms with van der Waals surface area (Å²) in [5.74, 6) is -0.146. The Morgan fingerprint density at radius 2 is 1.81 bits per heavy atom. The molecule has 0 radical (unpaired) electrons. The smallest absolute Gasteiger partial charge is 0.409 e. The second kappa shape index (κ2) is 11.6. The van der Waals surface area contributed by atoms with Crippen LogP contribution in [0.15, 0.2) is 30.3 Å². The number of hydrogen-bond donors (Lipinski definition) is 2. The van der Waals surface area contributed by atoms with Crippen LogP contribution in [-0.2, 0) is 20.5 Å². The topological polar surface area (TPSA) is 95.9 Å². The SMILES string of the molecule is CN(CC(CC1(O)CCCCC1)NS(=O)(=O)Cc1ccccc1)C(=O)OCC[Si](C)(C)C. The molecule has 1 aliphatic carbocycles. The van der Waals surface area contributed by atoms with E-state index in [1.54, 1.807) is 31.3 Å². The number of ether oxygens (including phenoxy) is 1. The van der Waals surface area contributed by atoms with Crippen LogP contribution in [0.25, 0.3) is 0 Å². The highest BCUT2D eigenvalue weighted by Crippen LogP contribution is 2.32. The first-order valence-corrected chi connectivity index (χ1v) is 16.9. The molecule has 0 aromatic heterocycles. The van der Waals surface area contributed by atoms with Crippen LogP contribution in [0.1, 0.15) is 44.1 Å². The number of aliphatic hydroxyl groups is 1. The summed E-state index contributed by atoms with van der Waals surface area (Å²) in [6.45, 7) is 7.15. The third-order valence-electron chi connectivity index (χ3n) is 5.84. The normalized spacial score (nSPS) is 17.5. The number of likely N-dealkylation sites (N-methyl/N-ethyl adjacent to an activating group) is 1. The second-order valence-electron chi connectivity index (χ2n) is 10.4. The van der Waals surface area contributed by atoms with E-state index in [-0.39, 0.29) is 18.7 Å². The number of rotatable bonds is 11. The van der Waals surface area contributed by atoms with Gasteiger partial charge in [0.2, 0.25) is 10.0 Å². The molecule has 0 aliphatic heterocycles. The largest absolute Gasteiger partial charge is 0.450 e. The van der Waals surface area contributed by atoms with Gasteiger partial charge < -0.3 is 14.7 Å². The summed E-state index contributed by atoms with van der Waals surface area (Å²) in [7, 11) is -3.36. The summed E-state index contributed by atoms with van der Waals surface area (Å²) in [4.78, 5) is 13.9. The molecule has 2 rings (SSSR count). The maximum absolute atomic E-state index is 12.9. The Labute approximate surface area is 194 Å². The quantitative estimate of drug-likeness (QED) is 0.463. The minimum atomic E-state index is -3.65. The van der Waals surface area contributed by atoms with Crippen LogP contribution in [0.5, 0.6) is 0 Å². The zero-order valence-corrected chi connectivity index (χ0v) is 21.8. The van der Waals surface area contributed by atoms with Crippen molar-refractivity contribution in [2.75, 3.05) is 20.2 Å². The van der Waals surface area contributed by atoms with Gasteiger partial charge in [-0.1, -0.05) is 69.2 Å². The molecule has 0 spiro atoms. The minimum absolute atomic E-state index is 0.141. The van der Waals surface area contributed by atoms with Crippen molar-refractivity contribution in [3.63, 3.8) is 0 Å². The van der Waals surface area contributed by atoms with E-state index >= 15 is 0 Å². The lowest BCUT2D eigenvalue weighted by Gasteiger charge is -2.36. The predicted molar refractivity (Wildman–Crippen MR) is 131 cm³/mol. The van der Waals surface area contributed by atoms with Gasteiger partial charge in [-0.2, -0.15) is 0 Å². The van der Waals surface area contributed by atoms with Crippen molar-refractivity contribution in [1.82, 2.24) is 9.62 Å². The predicted octanol–water partition coefficient (Wildman–Crippen LogP) is 3.97. The molecule has 1 unspecified atom stereocenters. The van der Waals surface area contributed by atoms with E-state index < -0.39 is 35.8 Å². The van der Waals surface area contributed by atoms with Gasteiger partial charge in [0.1, 0.15) is 0 Å². The van der Waals surface area contributed by atoms with Crippen molar-refractivity contribution in [2.45, 2.75) is 81.6 Å². The van der Waals surface area contributed by atoms with Crippen LogP contribution in [0.2, 0.25) is 25.7 Å². The lowest BCUT2D eigenvalue weighted by atomic mass is 9.80. The van der Waals surface area contributed by atoms with Crippen molar-refractivity contribution in [3.05, 3.63) is 35.9 Å². The first-order chi connectivity index (χ1) is 14.9. The molecule has 1 amide bonds. The lowest BCUT2D eigenvalue weighted by molar-refractivity contribution is -0.0127. The highest BCUT2D eigenvalue weighted by Gasteiger charge is 2.34. The van der Waals surface area contributed by atoms with Crippen LogP contribution in [-0.4, -0.2) is 64.4 Å². The first-order valence-electron chi connectivity index (χ1n) is 11.5. The van der Waals surface area contributed by atoms with Crippen molar-refractivity contribution in [2.24, 2.45) is 0 Å². The van der Waals surface area contributed by atoms with E-state index in [0.29, 0.717) is 25.0 Å². The fraction of sp³-hybridized carbons (Fsp3) is 0.696. The maximum atomic E-state index is 12.9. The van der Waals surface area contributed by atoms with Gasteiger partial charge in [0.25, 0.3) is 0 Å². The van der Waals surface area contributed by atoms with Crippen molar-refractivity contribution < 1.29 is 23.1 Å². The number of sulfonamides is 1. The molecule has 1 fully saturated rings. The average Bonchev–Trinajstić information content (AvgIpc) is 2.67. The van der Waals surface area contributed by atoms with Crippen molar-refractivity contribution in [1.29, 1.82) is 0 Å². The first kappa shape index (κ1) is 26.8. The molecular formula is C23H40N2O5SSi. The van der Waals surface area contributed by atoms with Crippen LogP contribution >= 0.6 is 0 Å². The number of carbonyl (C=O) groups excluding carboxylic acids is 1. The van der Waals surface area contributed by atoms with Gasteiger partial charge in [-0.25, -0.2) is 17.9 Å². The van der Waals surface area contributed by atoms with E-state index in [0.717, 1.165) is 25.3 Å². The molecule has 7 nitrogen and oxygen atoms in total. The van der Waals surface area contributed by atoms with Gasteiger partial charge >= 0.3 is 6.09 Å². The van der Waals surface area contributed by atoms with E-state index in [2.05, 4.69) is 24.4 Å². The molecule has 182 valence electrons. The molecule has 1 aromatic carbocycles. The molecule has 0 heterocycles. The minimum Gasteiger partial charge on any atom is -0.450 e. The summed E-state index contributed by atoms with van der Waals surface area (Å²) >= 11 is 0. The number of carbonyl (C=O) groups is 1. The monoisotopic (exact) mass is 484 g/mol. The van der Waals surface area contributed by atoms with Gasteiger partial charge in [0.15, 0.2) is 0 Å². The molecule has 9 heteroatoms. The van der Waals surface area contributed by atoms with Crippen LogP contribution in [0.3, 0.4) is 0 Å². The van der Waals surface area contributed by atoms with Crippen LogP contribution in [0, 0.1) is 0 Å². The molecule has 0 bridgehead atoms. The molecule has 1 saturated carbocycles. The number of nitrogens with zero attached hydrogens (tertiary/aromatic N) is 1. The van der Waals surface area contributed by atoms with Crippen molar-refractivity contribution >= 4 is 24.2 Å². The Bertz CT molecular complexity index is 821. The van der Waals surface area contributed by atoms with Gasteiger partial charge in [-0.3, -0.25) is 0 Å². The molecule has 1 aliphatic rings. The second-order valence-corrected chi connectivity index (χ2v) is 17.7. The molecular weight excluding hydrogens is 444 g/mol. The summed E-state index contributed by atoms with van der Waals surface area (Å²) in [6, 6.07) is 9.26. The Kier molecular flexibility index (Phi) is 9.75. The van der Waals surface area contributed by atoms with Gasteiger partial charge in [-0.15, -0.1) is 0 Å². The number of benzene rings is 1. The molecule has 0 saturated heterocycles. The van der Waals surface area contributed by atoms with Gasteiger partial charge in [0.05, 0.1) is 18.0 Å². The number of nitrogens with one attached hydrogen (secondary N) is 1. The van der Waals surface area contributed by atoms with Gasteiger partial charge in [-0.05, 0) is 30.9 Å². The van der Waals surface area contributed by atoms with Crippen LogP contribution < -0.4 is 4.72 Å². The number of hydrogen-bond acceptors (Lipinski definition) is 5.